The van der Waals surface area contributed by atoms with Crippen molar-refractivity contribution in [3.05, 3.63) is 33.9 Å². The molecule has 0 atom stereocenters. The van der Waals surface area contributed by atoms with E-state index in [1.54, 1.807) is 0 Å². The summed E-state index contributed by atoms with van der Waals surface area (Å²) in [6, 6.07) is 9.71. The van der Waals surface area contributed by atoms with E-state index in [1.807, 2.05) is 44.2 Å². The third-order valence-electron chi connectivity index (χ3n) is 1.35. The van der Waals surface area contributed by atoms with Crippen LogP contribution < -0.4 is 0 Å². The molecule has 86 valence electrons. The summed E-state index contributed by atoms with van der Waals surface area (Å²) in [6.07, 6.45) is 0. The Labute approximate surface area is 97.8 Å². The molecule has 0 saturated carbocycles. The summed E-state index contributed by atoms with van der Waals surface area (Å²) in [6.45, 7) is 4.71. The topological polar surface area (TPSA) is 36.9 Å². The molecule has 0 amide bonds. The van der Waals surface area contributed by atoms with E-state index < -0.39 is 20.6 Å². The number of rotatable bonds is 7. The second-order valence-electron chi connectivity index (χ2n) is 2.45. The molecular weight excluding hydrogens is 311 g/mol. The Kier molecular flexibility index (Phi) is 6.86. The standard InChI is InChI=1S/C10H15IO4/c1-3-12-14-11(15-13-4-2)10-8-6-5-7-9-10/h5-9H,3-4H2,1-2H3. The number of hydrogen-bond acceptors (Lipinski definition) is 4. The summed E-state index contributed by atoms with van der Waals surface area (Å²) in [5.74, 6) is 0. The Morgan fingerprint density at radius 2 is 1.47 bits per heavy atom. The van der Waals surface area contributed by atoms with E-state index in [0.717, 1.165) is 3.57 Å². The molecule has 0 aliphatic carbocycles. The van der Waals surface area contributed by atoms with Crippen LogP contribution in [0.4, 0.5) is 0 Å². The summed E-state index contributed by atoms with van der Waals surface area (Å²) < 4.78 is 11.4. The molecule has 0 spiro atoms. The molecule has 5 heteroatoms. The van der Waals surface area contributed by atoms with Crippen molar-refractivity contribution in [2.45, 2.75) is 13.8 Å². The Balaban J connectivity index is 2.55. The molecule has 0 aromatic heterocycles. The SMILES string of the molecule is CCOOI(OOCC)c1ccccc1. The summed E-state index contributed by atoms with van der Waals surface area (Å²) in [7, 11) is 0. The van der Waals surface area contributed by atoms with Crippen LogP contribution in [0.2, 0.25) is 0 Å². The van der Waals surface area contributed by atoms with Crippen molar-refractivity contribution in [3.8, 4) is 0 Å². The second kappa shape index (κ2) is 8.00. The van der Waals surface area contributed by atoms with Gasteiger partial charge in [-0.1, -0.05) is 0 Å². The van der Waals surface area contributed by atoms with Crippen molar-refractivity contribution in [1.82, 2.24) is 0 Å². The van der Waals surface area contributed by atoms with Gasteiger partial charge in [-0.15, -0.1) is 0 Å². The van der Waals surface area contributed by atoms with Gasteiger partial charge in [0.05, 0.1) is 0 Å². The van der Waals surface area contributed by atoms with Crippen LogP contribution >= 0.6 is 20.6 Å². The van der Waals surface area contributed by atoms with E-state index in [4.69, 9.17) is 16.2 Å². The number of benzene rings is 1. The fraction of sp³-hybridized carbons (Fsp3) is 0.400. The zero-order chi connectivity index (χ0) is 10.9. The predicted molar refractivity (Wildman–Crippen MR) is 64.6 cm³/mol. The zero-order valence-electron chi connectivity index (χ0n) is 8.81. The Hall–Kier alpha value is -0.210. The van der Waals surface area contributed by atoms with Gasteiger partial charge in [0.25, 0.3) is 0 Å². The first-order chi connectivity index (χ1) is 7.38. The van der Waals surface area contributed by atoms with Crippen LogP contribution in [0.5, 0.6) is 0 Å². The van der Waals surface area contributed by atoms with Crippen LogP contribution in [0.1, 0.15) is 13.8 Å². The van der Waals surface area contributed by atoms with Crippen molar-refractivity contribution in [3.63, 3.8) is 0 Å². The molecule has 1 rings (SSSR count). The minimum absolute atomic E-state index is 0.496. The number of hydrogen-bond donors (Lipinski definition) is 0. The molecule has 0 radical (unpaired) electrons. The summed E-state index contributed by atoms with van der Waals surface area (Å²) in [4.78, 5) is 9.82. The molecule has 4 nitrogen and oxygen atoms in total. The fourth-order valence-corrected chi connectivity index (χ4v) is 3.22. The van der Waals surface area contributed by atoms with E-state index >= 15 is 0 Å². The van der Waals surface area contributed by atoms with Gasteiger partial charge in [0.15, 0.2) is 0 Å². The van der Waals surface area contributed by atoms with E-state index in [2.05, 4.69) is 0 Å². The summed E-state index contributed by atoms with van der Waals surface area (Å²) in [5.41, 5.74) is 0. The normalized spacial score (nSPS) is 11.5. The van der Waals surface area contributed by atoms with Gasteiger partial charge in [0.2, 0.25) is 0 Å². The van der Waals surface area contributed by atoms with Crippen LogP contribution in [-0.2, 0) is 16.2 Å². The van der Waals surface area contributed by atoms with E-state index in [1.165, 1.54) is 0 Å². The Bertz CT molecular complexity index is 247. The van der Waals surface area contributed by atoms with Crippen LogP contribution in [0, 0.1) is 3.57 Å². The van der Waals surface area contributed by atoms with Gasteiger partial charge in [-0.25, -0.2) is 0 Å². The molecule has 0 saturated heterocycles. The average molecular weight is 326 g/mol. The van der Waals surface area contributed by atoms with E-state index in [-0.39, 0.29) is 0 Å². The van der Waals surface area contributed by atoms with Gasteiger partial charge in [-0.05, 0) is 0 Å². The molecule has 0 aliphatic heterocycles. The summed E-state index contributed by atoms with van der Waals surface area (Å²) >= 11 is -2.25. The number of halogens is 1. The molecule has 1 aromatic carbocycles. The van der Waals surface area contributed by atoms with Crippen molar-refractivity contribution < 1.29 is 16.2 Å². The summed E-state index contributed by atoms with van der Waals surface area (Å²) in [5, 5.41) is 0. The van der Waals surface area contributed by atoms with Gasteiger partial charge >= 0.3 is 97.8 Å². The van der Waals surface area contributed by atoms with Crippen molar-refractivity contribution >= 4 is 20.6 Å². The average Bonchev–Trinajstić information content (AvgIpc) is 2.30. The van der Waals surface area contributed by atoms with Gasteiger partial charge in [0, 0.05) is 0 Å². The monoisotopic (exact) mass is 326 g/mol. The maximum absolute atomic E-state index is 5.19. The van der Waals surface area contributed by atoms with Gasteiger partial charge < -0.3 is 0 Å². The van der Waals surface area contributed by atoms with Crippen molar-refractivity contribution in [2.24, 2.45) is 0 Å². The first kappa shape index (κ1) is 12.9. The first-order valence-electron chi connectivity index (χ1n) is 4.73. The Morgan fingerprint density at radius 3 is 1.93 bits per heavy atom. The Morgan fingerprint density at radius 1 is 0.933 bits per heavy atom. The second-order valence-corrected chi connectivity index (χ2v) is 5.66. The van der Waals surface area contributed by atoms with Crippen molar-refractivity contribution in [1.29, 1.82) is 0 Å². The molecule has 0 aliphatic rings. The van der Waals surface area contributed by atoms with E-state index in [0.29, 0.717) is 13.2 Å². The van der Waals surface area contributed by atoms with Crippen LogP contribution in [0.3, 0.4) is 0 Å². The van der Waals surface area contributed by atoms with Gasteiger partial charge in [-0.3, -0.25) is 0 Å². The maximum atomic E-state index is 5.19. The molecular formula is C10H15IO4. The minimum atomic E-state index is -2.25. The van der Waals surface area contributed by atoms with Gasteiger partial charge in [0.1, 0.15) is 0 Å². The van der Waals surface area contributed by atoms with Crippen LogP contribution in [-0.4, -0.2) is 13.2 Å². The van der Waals surface area contributed by atoms with Gasteiger partial charge in [-0.2, -0.15) is 0 Å². The van der Waals surface area contributed by atoms with Crippen molar-refractivity contribution in [2.75, 3.05) is 13.2 Å². The molecule has 0 fully saturated rings. The molecule has 0 heterocycles. The fourth-order valence-electron chi connectivity index (χ4n) is 0.771. The molecule has 15 heavy (non-hydrogen) atoms. The third-order valence-corrected chi connectivity index (χ3v) is 4.25. The molecule has 1 aromatic rings. The molecule has 0 unspecified atom stereocenters. The zero-order valence-corrected chi connectivity index (χ0v) is 11.0. The third kappa shape index (κ3) is 4.89. The van der Waals surface area contributed by atoms with Crippen LogP contribution in [0.25, 0.3) is 0 Å². The first-order valence-corrected chi connectivity index (χ1v) is 7.57. The van der Waals surface area contributed by atoms with E-state index in [9.17, 15) is 0 Å². The predicted octanol–water partition coefficient (Wildman–Crippen LogP) is 3.13. The molecule has 0 bridgehead atoms. The van der Waals surface area contributed by atoms with Crippen LogP contribution in [0.15, 0.2) is 30.3 Å². The quantitative estimate of drug-likeness (QED) is 0.438. The molecule has 0 N–H and O–H groups in total.